The van der Waals surface area contributed by atoms with Crippen LogP contribution < -0.4 is 0 Å². The Hall–Kier alpha value is 0.01000. The summed E-state index contributed by atoms with van der Waals surface area (Å²) in [6.45, 7) is 4.48. The molecule has 0 amide bonds. The summed E-state index contributed by atoms with van der Waals surface area (Å²) in [5.74, 6) is 0. The Morgan fingerprint density at radius 2 is 1.93 bits per heavy atom. The lowest BCUT2D eigenvalue weighted by atomic mass is 10.0. The zero-order valence-electron chi connectivity index (χ0n) is 8.15. The molecule has 14 heavy (non-hydrogen) atoms. The van der Waals surface area contributed by atoms with Gasteiger partial charge in [0.05, 0.1) is 0 Å². The summed E-state index contributed by atoms with van der Waals surface area (Å²) in [6, 6.07) is 9.08. The molecule has 1 saturated heterocycles. The molecule has 1 aromatic carbocycles. The molecule has 2 rings (SSSR count). The molecule has 0 radical (unpaired) electrons. The summed E-state index contributed by atoms with van der Waals surface area (Å²) in [6.07, 6.45) is 0. The largest absolute Gasteiger partial charge is 0.294 e. The SMILES string of the molecule is CC(c1ccc(Br)cc1)N1CC(S)C1. The molecule has 0 N–H and O–H groups in total. The van der Waals surface area contributed by atoms with Crippen molar-refractivity contribution in [3.63, 3.8) is 0 Å². The molecule has 0 aliphatic carbocycles. The molecule has 1 atom stereocenters. The summed E-state index contributed by atoms with van der Waals surface area (Å²) >= 11 is 7.86. The van der Waals surface area contributed by atoms with Gasteiger partial charge in [-0.25, -0.2) is 0 Å². The van der Waals surface area contributed by atoms with Crippen molar-refractivity contribution >= 4 is 28.6 Å². The van der Waals surface area contributed by atoms with Crippen molar-refractivity contribution in [1.82, 2.24) is 4.90 Å². The first-order chi connectivity index (χ1) is 6.66. The number of likely N-dealkylation sites (tertiary alicyclic amines) is 1. The Balaban J connectivity index is 2.04. The average molecular weight is 272 g/mol. The molecule has 1 unspecified atom stereocenters. The van der Waals surface area contributed by atoms with Gasteiger partial charge in [0.15, 0.2) is 0 Å². The Bertz CT molecular complexity index is 306. The van der Waals surface area contributed by atoms with Crippen LogP contribution in [0, 0.1) is 0 Å². The van der Waals surface area contributed by atoms with Crippen molar-refractivity contribution in [2.75, 3.05) is 13.1 Å². The van der Waals surface area contributed by atoms with Crippen LogP contribution in [0.25, 0.3) is 0 Å². The first-order valence-corrected chi connectivity index (χ1v) is 6.15. The molecule has 0 spiro atoms. The zero-order valence-corrected chi connectivity index (χ0v) is 10.6. The van der Waals surface area contributed by atoms with Gasteiger partial charge in [-0.2, -0.15) is 12.6 Å². The quantitative estimate of drug-likeness (QED) is 0.810. The lowest BCUT2D eigenvalue weighted by Crippen LogP contribution is -2.48. The molecule has 3 heteroatoms. The van der Waals surface area contributed by atoms with Gasteiger partial charge in [-0.1, -0.05) is 28.1 Å². The molecule has 0 aromatic heterocycles. The van der Waals surface area contributed by atoms with E-state index in [-0.39, 0.29) is 0 Å². The molecule has 1 nitrogen and oxygen atoms in total. The minimum Gasteiger partial charge on any atom is -0.294 e. The van der Waals surface area contributed by atoms with E-state index < -0.39 is 0 Å². The normalized spacial score (nSPS) is 20.5. The number of hydrogen-bond donors (Lipinski definition) is 1. The average Bonchev–Trinajstić information content (AvgIpc) is 2.13. The smallest absolute Gasteiger partial charge is 0.0320 e. The van der Waals surface area contributed by atoms with Gasteiger partial charge >= 0.3 is 0 Å². The lowest BCUT2D eigenvalue weighted by Gasteiger charge is -2.41. The number of rotatable bonds is 2. The molecule has 0 bridgehead atoms. The van der Waals surface area contributed by atoms with E-state index in [1.807, 2.05) is 0 Å². The van der Waals surface area contributed by atoms with Gasteiger partial charge in [-0.05, 0) is 24.6 Å². The highest BCUT2D eigenvalue weighted by molar-refractivity contribution is 9.10. The summed E-state index contributed by atoms with van der Waals surface area (Å²) in [5, 5.41) is 0.577. The monoisotopic (exact) mass is 271 g/mol. The van der Waals surface area contributed by atoms with Crippen LogP contribution in [0.4, 0.5) is 0 Å². The van der Waals surface area contributed by atoms with Crippen LogP contribution in [0.15, 0.2) is 28.7 Å². The molecular formula is C11H14BrNS. The van der Waals surface area contributed by atoms with E-state index in [1.54, 1.807) is 0 Å². The Labute approximate surface area is 99.0 Å². The minimum atomic E-state index is 0.520. The molecule has 0 saturated carbocycles. The molecule has 1 aliphatic heterocycles. The molecule has 76 valence electrons. The first kappa shape index (κ1) is 10.5. The van der Waals surface area contributed by atoms with Crippen molar-refractivity contribution in [3.8, 4) is 0 Å². The standard InChI is InChI=1S/C11H14BrNS/c1-8(13-6-11(14)7-13)9-2-4-10(12)5-3-9/h2-5,8,11,14H,6-7H2,1H3. The third kappa shape index (κ3) is 2.15. The van der Waals surface area contributed by atoms with Crippen LogP contribution in [0.2, 0.25) is 0 Å². The predicted octanol–water partition coefficient (Wildman–Crippen LogP) is 3.12. The van der Waals surface area contributed by atoms with Gasteiger partial charge in [0.1, 0.15) is 0 Å². The maximum Gasteiger partial charge on any atom is 0.0320 e. The van der Waals surface area contributed by atoms with Crippen LogP contribution in [0.1, 0.15) is 18.5 Å². The van der Waals surface area contributed by atoms with Crippen molar-refractivity contribution in [3.05, 3.63) is 34.3 Å². The van der Waals surface area contributed by atoms with Crippen molar-refractivity contribution in [1.29, 1.82) is 0 Å². The number of halogens is 1. The minimum absolute atomic E-state index is 0.520. The Morgan fingerprint density at radius 3 is 2.43 bits per heavy atom. The van der Waals surface area contributed by atoms with Crippen molar-refractivity contribution < 1.29 is 0 Å². The number of hydrogen-bond acceptors (Lipinski definition) is 2. The summed E-state index contributed by atoms with van der Waals surface area (Å²) in [5.41, 5.74) is 1.38. The maximum absolute atomic E-state index is 4.42. The van der Waals surface area contributed by atoms with E-state index in [9.17, 15) is 0 Å². The molecule has 1 aromatic rings. The van der Waals surface area contributed by atoms with Gasteiger partial charge in [0.25, 0.3) is 0 Å². The van der Waals surface area contributed by atoms with Gasteiger partial charge in [0, 0.05) is 28.9 Å². The number of thiol groups is 1. The van der Waals surface area contributed by atoms with Gasteiger partial charge in [0.2, 0.25) is 0 Å². The third-order valence-corrected chi connectivity index (χ3v) is 3.65. The number of benzene rings is 1. The molecule has 1 heterocycles. The molecule has 1 fully saturated rings. The highest BCUT2D eigenvalue weighted by Crippen LogP contribution is 2.27. The lowest BCUT2D eigenvalue weighted by molar-refractivity contribution is 0.137. The zero-order chi connectivity index (χ0) is 10.1. The molecule has 1 aliphatic rings. The first-order valence-electron chi connectivity index (χ1n) is 4.84. The van der Waals surface area contributed by atoms with Crippen molar-refractivity contribution in [2.24, 2.45) is 0 Å². The Kier molecular flexibility index (Phi) is 3.20. The second kappa shape index (κ2) is 4.25. The van der Waals surface area contributed by atoms with E-state index in [0.717, 1.165) is 17.6 Å². The fourth-order valence-electron chi connectivity index (χ4n) is 1.76. The summed E-state index contributed by atoms with van der Waals surface area (Å²) in [7, 11) is 0. The summed E-state index contributed by atoms with van der Waals surface area (Å²) < 4.78 is 1.14. The van der Waals surface area contributed by atoms with E-state index in [0.29, 0.717) is 11.3 Å². The maximum atomic E-state index is 4.42. The number of nitrogens with zero attached hydrogens (tertiary/aromatic N) is 1. The van der Waals surface area contributed by atoms with E-state index in [4.69, 9.17) is 0 Å². The second-order valence-corrected chi connectivity index (χ2v) is 5.48. The highest BCUT2D eigenvalue weighted by atomic mass is 79.9. The van der Waals surface area contributed by atoms with Crippen LogP contribution >= 0.6 is 28.6 Å². The van der Waals surface area contributed by atoms with E-state index >= 15 is 0 Å². The Morgan fingerprint density at radius 1 is 1.36 bits per heavy atom. The second-order valence-electron chi connectivity index (χ2n) is 3.84. The van der Waals surface area contributed by atoms with Crippen molar-refractivity contribution in [2.45, 2.75) is 18.2 Å². The topological polar surface area (TPSA) is 3.24 Å². The van der Waals surface area contributed by atoms with Gasteiger partial charge < -0.3 is 0 Å². The third-order valence-electron chi connectivity index (χ3n) is 2.79. The fourth-order valence-corrected chi connectivity index (χ4v) is 2.44. The van der Waals surface area contributed by atoms with E-state index in [1.165, 1.54) is 5.56 Å². The van der Waals surface area contributed by atoms with Crippen LogP contribution in [-0.4, -0.2) is 23.2 Å². The summed E-state index contributed by atoms with van der Waals surface area (Å²) in [4.78, 5) is 2.45. The van der Waals surface area contributed by atoms with Crippen LogP contribution in [0.3, 0.4) is 0 Å². The van der Waals surface area contributed by atoms with Crippen LogP contribution in [-0.2, 0) is 0 Å². The molecular weight excluding hydrogens is 258 g/mol. The fraction of sp³-hybridized carbons (Fsp3) is 0.455. The van der Waals surface area contributed by atoms with Crippen LogP contribution in [0.5, 0.6) is 0 Å². The van der Waals surface area contributed by atoms with E-state index in [2.05, 4.69) is 64.6 Å². The van der Waals surface area contributed by atoms with Gasteiger partial charge in [-0.3, -0.25) is 4.90 Å². The highest BCUT2D eigenvalue weighted by Gasteiger charge is 2.27. The van der Waals surface area contributed by atoms with Gasteiger partial charge in [-0.15, -0.1) is 0 Å². The predicted molar refractivity (Wildman–Crippen MR) is 66.9 cm³/mol.